The number of nitrogens with one attached hydrogen (secondary N) is 2. The average molecular weight is 331 g/mol. The molecule has 0 aromatic heterocycles. The fraction of sp³-hybridized carbons (Fsp3) is 0.176. The van der Waals surface area contributed by atoms with E-state index in [0.717, 1.165) is 11.3 Å². The van der Waals surface area contributed by atoms with Crippen LogP contribution in [0.3, 0.4) is 0 Å². The first-order valence-corrected chi connectivity index (χ1v) is 7.47. The SMILES string of the molecule is CNc1ccc(Cl)cc1C(=O)N/N=C/c1ccc(N(C)C)cc1. The Hall–Kier alpha value is -2.53. The summed E-state index contributed by atoms with van der Waals surface area (Å²) in [6.07, 6.45) is 1.60. The maximum Gasteiger partial charge on any atom is 0.273 e. The van der Waals surface area contributed by atoms with E-state index < -0.39 is 0 Å². The molecule has 2 aromatic carbocycles. The molecule has 0 aliphatic carbocycles. The van der Waals surface area contributed by atoms with E-state index in [-0.39, 0.29) is 5.91 Å². The number of hydrogen-bond acceptors (Lipinski definition) is 4. The van der Waals surface area contributed by atoms with Crippen LogP contribution in [0.5, 0.6) is 0 Å². The van der Waals surface area contributed by atoms with Gasteiger partial charge in [0.25, 0.3) is 5.91 Å². The molecule has 1 amide bonds. The van der Waals surface area contributed by atoms with Crippen molar-refractivity contribution in [1.29, 1.82) is 0 Å². The Kier molecular flexibility index (Phi) is 5.60. The van der Waals surface area contributed by atoms with Crippen LogP contribution in [-0.4, -0.2) is 33.3 Å². The highest BCUT2D eigenvalue weighted by Crippen LogP contribution is 2.20. The maximum atomic E-state index is 12.2. The van der Waals surface area contributed by atoms with Crippen molar-refractivity contribution in [3.05, 3.63) is 58.6 Å². The number of hydrogen-bond donors (Lipinski definition) is 2. The molecule has 0 saturated carbocycles. The fourth-order valence-corrected chi connectivity index (χ4v) is 2.18. The minimum Gasteiger partial charge on any atom is -0.387 e. The lowest BCUT2D eigenvalue weighted by Gasteiger charge is -2.11. The lowest BCUT2D eigenvalue weighted by Crippen LogP contribution is -2.19. The summed E-state index contributed by atoms with van der Waals surface area (Å²) in [5, 5.41) is 7.44. The van der Waals surface area contributed by atoms with Crippen molar-refractivity contribution in [3.8, 4) is 0 Å². The smallest absolute Gasteiger partial charge is 0.273 e. The van der Waals surface area contributed by atoms with Gasteiger partial charge >= 0.3 is 0 Å². The predicted molar refractivity (Wildman–Crippen MR) is 96.8 cm³/mol. The van der Waals surface area contributed by atoms with Crippen LogP contribution in [0.2, 0.25) is 5.02 Å². The quantitative estimate of drug-likeness (QED) is 0.654. The summed E-state index contributed by atoms with van der Waals surface area (Å²) >= 11 is 5.94. The van der Waals surface area contributed by atoms with Gasteiger partial charge < -0.3 is 10.2 Å². The molecular weight excluding hydrogens is 312 g/mol. The van der Waals surface area contributed by atoms with Crippen LogP contribution in [0.1, 0.15) is 15.9 Å². The predicted octanol–water partition coefficient (Wildman–Crippen LogP) is 3.21. The van der Waals surface area contributed by atoms with E-state index >= 15 is 0 Å². The largest absolute Gasteiger partial charge is 0.387 e. The molecule has 0 aliphatic rings. The third kappa shape index (κ3) is 4.47. The maximum absolute atomic E-state index is 12.2. The van der Waals surface area contributed by atoms with E-state index in [1.165, 1.54) is 0 Å². The molecule has 120 valence electrons. The zero-order valence-corrected chi connectivity index (χ0v) is 14.1. The van der Waals surface area contributed by atoms with Crippen LogP contribution in [0.4, 0.5) is 11.4 Å². The van der Waals surface area contributed by atoms with E-state index in [1.807, 2.05) is 43.3 Å². The molecular formula is C17H19ClN4O. The van der Waals surface area contributed by atoms with Gasteiger partial charge in [0.05, 0.1) is 11.8 Å². The van der Waals surface area contributed by atoms with Gasteiger partial charge in [0.1, 0.15) is 0 Å². The molecule has 0 bridgehead atoms. The first-order chi connectivity index (χ1) is 11.0. The topological polar surface area (TPSA) is 56.7 Å². The average Bonchev–Trinajstić information content (AvgIpc) is 2.55. The number of amides is 1. The Labute approximate surface area is 141 Å². The van der Waals surface area contributed by atoms with Crippen LogP contribution in [0.15, 0.2) is 47.6 Å². The van der Waals surface area contributed by atoms with Gasteiger partial charge in [-0.2, -0.15) is 5.10 Å². The Morgan fingerprint density at radius 3 is 2.48 bits per heavy atom. The van der Waals surface area contributed by atoms with Gasteiger partial charge in [-0.25, -0.2) is 5.43 Å². The minimum atomic E-state index is -0.321. The summed E-state index contributed by atoms with van der Waals surface area (Å²) < 4.78 is 0. The normalized spacial score (nSPS) is 10.6. The molecule has 23 heavy (non-hydrogen) atoms. The summed E-state index contributed by atoms with van der Waals surface area (Å²) in [6.45, 7) is 0. The summed E-state index contributed by atoms with van der Waals surface area (Å²) in [7, 11) is 5.71. The lowest BCUT2D eigenvalue weighted by molar-refractivity contribution is 0.0956. The van der Waals surface area contributed by atoms with Crippen LogP contribution in [-0.2, 0) is 0 Å². The Bertz CT molecular complexity index is 711. The molecule has 0 heterocycles. The summed E-state index contributed by atoms with van der Waals surface area (Å²) in [6, 6.07) is 12.9. The molecule has 2 aromatic rings. The third-order valence-corrected chi connectivity index (χ3v) is 3.52. The van der Waals surface area contributed by atoms with Crippen molar-refractivity contribution in [2.45, 2.75) is 0 Å². The van der Waals surface area contributed by atoms with Crippen molar-refractivity contribution in [2.75, 3.05) is 31.4 Å². The molecule has 0 fully saturated rings. The highest BCUT2D eigenvalue weighted by Gasteiger charge is 2.10. The van der Waals surface area contributed by atoms with Crippen molar-refractivity contribution < 1.29 is 4.79 Å². The number of anilines is 2. The molecule has 5 nitrogen and oxygen atoms in total. The molecule has 2 N–H and O–H groups in total. The first-order valence-electron chi connectivity index (χ1n) is 7.09. The molecule has 2 rings (SSSR count). The number of carbonyl (C=O) groups is 1. The standard InChI is InChI=1S/C17H19ClN4O/c1-19-16-9-6-13(18)10-15(16)17(23)21-20-11-12-4-7-14(8-5-12)22(2)3/h4-11,19H,1-3H3,(H,21,23)/b20-11+. The van der Waals surface area contributed by atoms with E-state index in [0.29, 0.717) is 16.3 Å². The number of hydrazone groups is 1. The third-order valence-electron chi connectivity index (χ3n) is 3.28. The van der Waals surface area contributed by atoms with Crippen LogP contribution in [0.25, 0.3) is 0 Å². The van der Waals surface area contributed by atoms with Crippen molar-refractivity contribution in [2.24, 2.45) is 5.10 Å². The van der Waals surface area contributed by atoms with Gasteiger partial charge in [-0.05, 0) is 35.9 Å². The highest BCUT2D eigenvalue weighted by atomic mass is 35.5. The van der Waals surface area contributed by atoms with E-state index in [2.05, 4.69) is 15.8 Å². The van der Waals surface area contributed by atoms with Crippen molar-refractivity contribution >= 4 is 35.1 Å². The van der Waals surface area contributed by atoms with Gasteiger partial charge in [-0.3, -0.25) is 4.79 Å². The van der Waals surface area contributed by atoms with Gasteiger partial charge in [0, 0.05) is 37.5 Å². The number of rotatable bonds is 5. The van der Waals surface area contributed by atoms with Gasteiger partial charge in [0.15, 0.2) is 0 Å². The second-order valence-corrected chi connectivity index (χ2v) is 5.56. The van der Waals surface area contributed by atoms with Crippen LogP contribution in [0, 0.1) is 0 Å². The van der Waals surface area contributed by atoms with Gasteiger partial charge in [-0.15, -0.1) is 0 Å². The monoisotopic (exact) mass is 330 g/mol. The van der Waals surface area contributed by atoms with E-state index in [9.17, 15) is 4.79 Å². The fourth-order valence-electron chi connectivity index (χ4n) is 2.01. The lowest BCUT2D eigenvalue weighted by atomic mass is 10.1. The second-order valence-electron chi connectivity index (χ2n) is 5.12. The molecule has 0 radical (unpaired) electrons. The molecule has 0 saturated heterocycles. The van der Waals surface area contributed by atoms with Crippen LogP contribution < -0.4 is 15.6 Å². The highest BCUT2D eigenvalue weighted by molar-refractivity contribution is 6.31. The number of benzene rings is 2. The van der Waals surface area contributed by atoms with Crippen molar-refractivity contribution in [1.82, 2.24) is 5.43 Å². The van der Waals surface area contributed by atoms with Gasteiger partial charge in [0.2, 0.25) is 0 Å². The number of halogens is 1. The molecule has 0 spiro atoms. The second kappa shape index (κ2) is 7.65. The summed E-state index contributed by atoms with van der Waals surface area (Å²) in [5.41, 5.74) is 5.64. The Balaban J connectivity index is 2.05. The molecule has 0 atom stereocenters. The summed E-state index contributed by atoms with van der Waals surface area (Å²) in [5.74, 6) is -0.321. The first kappa shape index (κ1) is 16.8. The van der Waals surface area contributed by atoms with E-state index in [1.54, 1.807) is 31.5 Å². The number of carbonyl (C=O) groups excluding carboxylic acids is 1. The number of nitrogens with zero attached hydrogens (tertiary/aromatic N) is 2. The van der Waals surface area contributed by atoms with Crippen molar-refractivity contribution in [3.63, 3.8) is 0 Å². The Morgan fingerprint density at radius 2 is 1.87 bits per heavy atom. The Morgan fingerprint density at radius 1 is 1.17 bits per heavy atom. The molecule has 0 aliphatic heterocycles. The van der Waals surface area contributed by atoms with Gasteiger partial charge in [-0.1, -0.05) is 23.7 Å². The minimum absolute atomic E-state index is 0.321. The molecule has 6 heteroatoms. The van der Waals surface area contributed by atoms with E-state index in [4.69, 9.17) is 11.6 Å². The summed E-state index contributed by atoms with van der Waals surface area (Å²) in [4.78, 5) is 14.2. The molecule has 0 unspecified atom stereocenters. The zero-order chi connectivity index (χ0) is 16.8. The van der Waals surface area contributed by atoms with Crippen LogP contribution >= 0.6 is 11.6 Å². The zero-order valence-electron chi connectivity index (χ0n) is 13.3.